The first-order chi connectivity index (χ1) is 20.1. The Morgan fingerprint density at radius 2 is 1.62 bits per heavy atom. The summed E-state index contributed by atoms with van der Waals surface area (Å²) < 4.78 is 36.0. The van der Waals surface area contributed by atoms with Crippen LogP contribution in [0.15, 0.2) is 77.2 Å². The van der Waals surface area contributed by atoms with Crippen molar-refractivity contribution in [3.63, 3.8) is 0 Å². The third-order valence-corrected chi connectivity index (χ3v) is 8.50. The van der Waals surface area contributed by atoms with Crippen LogP contribution in [0, 0.1) is 32.4 Å². The highest BCUT2D eigenvalue weighted by molar-refractivity contribution is 6.12. The fourth-order valence-corrected chi connectivity index (χ4v) is 6.04. The van der Waals surface area contributed by atoms with E-state index in [-0.39, 0.29) is 39.1 Å². The molecule has 1 saturated carbocycles. The van der Waals surface area contributed by atoms with Gasteiger partial charge in [0.15, 0.2) is 5.78 Å². The number of fused-ring (bicyclic) bond motifs is 1. The van der Waals surface area contributed by atoms with E-state index in [1.165, 1.54) is 42.4 Å². The summed E-state index contributed by atoms with van der Waals surface area (Å²) in [5.74, 6) is -1.39. The number of furan rings is 1. The molecule has 4 aromatic carbocycles. The summed E-state index contributed by atoms with van der Waals surface area (Å²) in [7, 11) is 1.46. The van der Waals surface area contributed by atoms with E-state index in [9.17, 15) is 14.0 Å². The second-order valence-corrected chi connectivity index (χ2v) is 11.4. The fraction of sp³-hybridized carbons (Fsp3) is 0.222. The molecule has 1 aliphatic carbocycles. The highest BCUT2D eigenvalue weighted by Gasteiger charge is 2.46. The minimum absolute atomic E-state index is 0.0298. The number of rotatable bonds is 7. The molecule has 0 spiro atoms. The first-order valence-corrected chi connectivity index (χ1v) is 14.1. The average molecular weight is 564 g/mol. The van der Waals surface area contributed by atoms with Crippen LogP contribution in [0.1, 0.15) is 62.2 Å². The van der Waals surface area contributed by atoms with Crippen molar-refractivity contribution in [1.82, 2.24) is 5.32 Å². The number of amides is 1. The summed E-state index contributed by atoms with van der Waals surface area (Å²) in [4.78, 5) is 26.8. The van der Waals surface area contributed by atoms with Crippen LogP contribution in [0.2, 0.25) is 0 Å². The molecule has 1 amide bonds. The third kappa shape index (κ3) is 4.71. The smallest absolute Gasteiger partial charge is 0.255 e. The van der Waals surface area contributed by atoms with Crippen LogP contribution in [-0.2, 0) is 5.41 Å². The van der Waals surface area contributed by atoms with Gasteiger partial charge in [-0.25, -0.2) is 8.78 Å². The Morgan fingerprint density at radius 1 is 0.881 bits per heavy atom. The fourth-order valence-electron chi connectivity index (χ4n) is 6.04. The van der Waals surface area contributed by atoms with Crippen molar-refractivity contribution in [2.75, 3.05) is 7.05 Å². The molecule has 0 bridgehead atoms. The van der Waals surface area contributed by atoms with Gasteiger partial charge in [0.25, 0.3) is 5.91 Å². The molecule has 1 aliphatic rings. The second kappa shape index (κ2) is 10.4. The Labute approximate surface area is 243 Å². The Hall–Kier alpha value is -4.58. The third-order valence-electron chi connectivity index (χ3n) is 8.50. The molecule has 4 nitrogen and oxygen atoms in total. The highest BCUT2D eigenvalue weighted by Crippen LogP contribution is 2.52. The molecule has 6 heteroatoms. The quantitative estimate of drug-likeness (QED) is 0.202. The minimum atomic E-state index is -0.619. The van der Waals surface area contributed by atoms with Crippen LogP contribution in [0.5, 0.6) is 0 Å². The number of nitrogens with one attached hydrogen (secondary N) is 1. The van der Waals surface area contributed by atoms with Gasteiger partial charge in [0, 0.05) is 35.6 Å². The molecule has 0 aliphatic heterocycles. The van der Waals surface area contributed by atoms with Gasteiger partial charge in [-0.1, -0.05) is 35.9 Å². The van der Waals surface area contributed by atoms with E-state index in [1.54, 1.807) is 18.2 Å². The van der Waals surface area contributed by atoms with E-state index < -0.39 is 17.5 Å². The number of carbonyl (C=O) groups is 2. The monoisotopic (exact) mass is 563 g/mol. The van der Waals surface area contributed by atoms with Crippen LogP contribution in [0.25, 0.3) is 33.4 Å². The number of halogens is 2. The molecule has 1 heterocycles. The van der Waals surface area contributed by atoms with Gasteiger partial charge in [-0.15, -0.1) is 0 Å². The lowest BCUT2D eigenvalue weighted by atomic mass is 9.85. The second-order valence-electron chi connectivity index (χ2n) is 11.4. The largest absolute Gasteiger partial charge is 0.455 e. The standard InChI is InChI=1S/C36H31F2NO3/c1-20-6-5-7-24(16-20)36(14-15-36)19-29(40)28-18-27(21(2)17-22(28)3)26-12-13-30-31(33(26)38)32(35(41)39-4)34(42-30)23-8-10-25(37)11-9-23/h5-13,16-18H,14-15,19H2,1-4H3,(H,39,41). The average Bonchev–Trinajstić information content (AvgIpc) is 3.64. The van der Waals surface area contributed by atoms with E-state index in [0.717, 1.165) is 24.0 Å². The molecule has 0 radical (unpaired) electrons. The van der Waals surface area contributed by atoms with Crippen LogP contribution < -0.4 is 5.32 Å². The molecule has 6 rings (SSSR count). The lowest BCUT2D eigenvalue weighted by Gasteiger charge is -2.18. The van der Waals surface area contributed by atoms with E-state index >= 15 is 4.39 Å². The van der Waals surface area contributed by atoms with E-state index in [2.05, 4.69) is 30.4 Å². The number of ketones is 1. The molecule has 42 heavy (non-hydrogen) atoms. The van der Waals surface area contributed by atoms with E-state index in [1.807, 2.05) is 26.0 Å². The molecule has 1 N–H and O–H groups in total. The predicted molar refractivity (Wildman–Crippen MR) is 161 cm³/mol. The first kappa shape index (κ1) is 27.6. The maximum absolute atomic E-state index is 16.5. The van der Waals surface area contributed by atoms with E-state index in [0.29, 0.717) is 23.1 Å². The first-order valence-electron chi connectivity index (χ1n) is 14.1. The lowest BCUT2D eigenvalue weighted by Crippen LogP contribution is -2.18. The van der Waals surface area contributed by atoms with Gasteiger partial charge in [-0.05, 0) is 98.3 Å². The predicted octanol–water partition coefficient (Wildman–Crippen LogP) is 8.63. The maximum Gasteiger partial charge on any atom is 0.255 e. The highest BCUT2D eigenvalue weighted by atomic mass is 19.1. The van der Waals surface area contributed by atoms with Crippen molar-refractivity contribution in [2.45, 2.75) is 45.4 Å². The summed E-state index contributed by atoms with van der Waals surface area (Å²) >= 11 is 0. The zero-order chi connectivity index (χ0) is 29.8. The molecule has 0 atom stereocenters. The molecule has 212 valence electrons. The Balaban J connectivity index is 1.44. The van der Waals surface area contributed by atoms with Gasteiger partial charge in [-0.2, -0.15) is 0 Å². The van der Waals surface area contributed by atoms with E-state index in [4.69, 9.17) is 4.42 Å². The van der Waals surface area contributed by atoms with Gasteiger partial charge in [0.05, 0.1) is 10.9 Å². The van der Waals surface area contributed by atoms with Crippen molar-refractivity contribution < 1.29 is 22.8 Å². The van der Waals surface area contributed by atoms with Crippen LogP contribution in [0.4, 0.5) is 8.78 Å². The summed E-state index contributed by atoms with van der Waals surface area (Å²) in [6.45, 7) is 5.85. The van der Waals surface area contributed by atoms with Crippen LogP contribution in [-0.4, -0.2) is 18.7 Å². The molecular weight excluding hydrogens is 532 g/mol. The van der Waals surface area contributed by atoms with Crippen molar-refractivity contribution in [1.29, 1.82) is 0 Å². The number of benzene rings is 4. The number of aryl methyl sites for hydroxylation is 3. The molecule has 0 saturated heterocycles. The molecule has 1 fully saturated rings. The SMILES string of the molecule is CNC(=O)c1c(-c2ccc(F)cc2)oc2ccc(-c3cc(C(=O)CC4(c5cccc(C)c5)CC4)c(C)cc3C)c(F)c12. The Morgan fingerprint density at radius 3 is 2.29 bits per heavy atom. The van der Waals surface area contributed by atoms with Gasteiger partial charge in [-0.3, -0.25) is 9.59 Å². The number of hydrogen-bond donors (Lipinski definition) is 1. The van der Waals surface area contributed by atoms with Crippen LogP contribution >= 0.6 is 0 Å². The summed E-state index contributed by atoms with van der Waals surface area (Å²) in [5, 5.41) is 2.61. The van der Waals surface area contributed by atoms with Gasteiger partial charge in [0.2, 0.25) is 0 Å². The molecule has 0 unspecified atom stereocenters. The number of carbonyl (C=O) groups excluding carboxylic acids is 2. The summed E-state index contributed by atoms with van der Waals surface area (Å²) in [6, 6.07) is 20.8. The minimum Gasteiger partial charge on any atom is -0.455 e. The zero-order valence-electron chi connectivity index (χ0n) is 24.0. The molecule has 5 aromatic rings. The van der Waals surface area contributed by atoms with Crippen LogP contribution in [0.3, 0.4) is 0 Å². The zero-order valence-corrected chi connectivity index (χ0v) is 24.0. The van der Waals surface area contributed by atoms with Gasteiger partial charge in [0.1, 0.15) is 23.0 Å². The maximum atomic E-state index is 16.5. The van der Waals surface area contributed by atoms with Gasteiger partial charge < -0.3 is 9.73 Å². The summed E-state index contributed by atoms with van der Waals surface area (Å²) in [6.07, 6.45) is 2.32. The topological polar surface area (TPSA) is 59.3 Å². The molecular formula is C36H31F2NO3. The summed E-state index contributed by atoms with van der Waals surface area (Å²) in [5.41, 5.74) is 5.97. The Bertz CT molecular complexity index is 1880. The molecule has 1 aromatic heterocycles. The van der Waals surface area contributed by atoms with Crippen molar-refractivity contribution >= 4 is 22.7 Å². The van der Waals surface area contributed by atoms with Crippen molar-refractivity contribution in [3.05, 3.63) is 118 Å². The number of Topliss-reactive ketones (excluding diaryl/α,β-unsaturated/α-hetero) is 1. The lowest BCUT2D eigenvalue weighted by molar-refractivity contribution is 0.0958. The van der Waals surface area contributed by atoms with Crippen molar-refractivity contribution in [3.8, 4) is 22.5 Å². The normalized spacial score (nSPS) is 13.8. The van der Waals surface area contributed by atoms with Crippen molar-refractivity contribution in [2.24, 2.45) is 0 Å². The van der Waals surface area contributed by atoms with Gasteiger partial charge >= 0.3 is 0 Å². The Kier molecular flexibility index (Phi) is 6.80. The number of hydrogen-bond acceptors (Lipinski definition) is 3.